The Hall–Kier alpha value is -2.15. The molecule has 19 heavy (non-hydrogen) atoms. The number of nitro benzene ring substituents is 1. The van der Waals surface area contributed by atoms with Gasteiger partial charge >= 0.3 is 0 Å². The number of methoxy groups -OCH3 is 3. The predicted octanol–water partition coefficient (Wildman–Crippen LogP) is 1.37. The molecule has 0 fully saturated rings. The van der Waals surface area contributed by atoms with Gasteiger partial charge in [-0.3, -0.25) is 14.9 Å². The smallest absolute Gasteiger partial charge is 0.277 e. The standard InChI is InChI=1S/C12H15NO6/c1-17-7-9(14)4-8-5-11(18-2)12(19-3)6-10(8)13(15)16/h5-6H,4,7H2,1-3H3. The molecule has 104 valence electrons. The summed E-state index contributed by atoms with van der Waals surface area (Å²) >= 11 is 0. The first kappa shape index (κ1) is 14.9. The molecule has 0 radical (unpaired) electrons. The Balaban J connectivity index is 3.19. The van der Waals surface area contributed by atoms with E-state index in [2.05, 4.69) is 0 Å². The third kappa shape index (κ3) is 3.65. The Morgan fingerprint density at radius 1 is 1.21 bits per heavy atom. The van der Waals surface area contributed by atoms with Crippen LogP contribution in [0.5, 0.6) is 11.5 Å². The molecule has 0 spiro atoms. The molecule has 0 aliphatic heterocycles. The molecule has 0 aliphatic carbocycles. The normalized spacial score (nSPS) is 10.1. The van der Waals surface area contributed by atoms with Gasteiger partial charge in [0.15, 0.2) is 17.3 Å². The van der Waals surface area contributed by atoms with E-state index >= 15 is 0 Å². The Labute approximate surface area is 110 Å². The zero-order valence-electron chi connectivity index (χ0n) is 11.0. The molecule has 0 aromatic heterocycles. The minimum atomic E-state index is -0.558. The summed E-state index contributed by atoms with van der Waals surface area (Å²) in [6.07, 6.45) is -0.0928. The van der Waals surface area contributed by atoms with E-state index in [4.69, 9.17) is 14.2 Å². The van der Waals surface area contributed by atoms with Crippen LogP contribution < -0.4 is 9.47 Å². The maximum absolute atomic E-state index is 11.5. The highest BCUT2D eigenvalue weighted by atomic mass is 16.6. The van der Waals surface area contributed by atoms with E-state index in [0.717, 1.165) is 0 Å². The predicted molar refractivity (Wildman–Crippen MR) is 66.8 cm³/mol. The summed E-state index contributed by atoms with van der Waals surface area (Å²) in [5.74, 6) is 0.336. The number of benzene rings is 1. The lowest BCUT2D eigenvalue weighted by molar-refractivity contribution is -0.385. The van der Waals surface area contributed by atoms with Crippen molar-refractivity contribution in [2.24, 2.45) is 0 Å². The molecule has 0 saturated carbocycles. The first-order valence-corrected chi connectivity index (χ1v) is 5.43. The Morgan fingerprint density at radius 2 is 1.79 bits per heavy atom. The molecule has 0 saturated heterocycles. The quantitative estimate of drug-likeness (QED) is 0.548. The summed E-state index contributed by atoms with van der Waals surface area (Å²) in [5, 5.41) is 11.0. The Morgan fingerprint density at radius 3 is 2.26 bits per heavy atom. The second-order valence-electron chi connectivity index (χ2n) is 3.74. The maximum atomic E-state index is 11.5. The molecule has 7 nitrogen and oxygen atoms in total. The van der Waals surface area contributed by atoms with Crippen LogP contribution in [0.1, 0.15) is 5.56 Å². The van der Waals surface area contributed by atoms with Gasteiger partial charge in [0.1, 0.15) is 6.61 Å². The van der Waals surface area contributed by atoms with Crippen LogP contribution >= 0.6 is 0 Å². The van der Waals surface area contributed by atoms with Crippen LogP contribution in [0, 0.1) is 10.1 Å². The highest BCUT2D eigenvalue weighted by Crippen LogP contribution is 2.34. The van der Waals surface area contributed by atoms with E-state index < -0.39 is 4.92 Å². The number of nitrogens with zero attached hydrogens (tertiary/aromatic N) is 1. The number of nitro groups is 1. The van der Waals surface area contributed by atoms with Gasteiger partial charge in [-0.05, 0) is 6.07 Å². The molecule has 1 rings (SSSR count). The van der Waals surface area contributed by atoms with Gasteiger partial charge in [0.2, 0.25) is 0 Å². The van der Waals surface area contributed by atoms with Crippen molar-refractivity contribution in [1.29, 1.82) is 0 Å². The molecular weight excluding hydrogens is 254 g/mol. The molecule has 0 N–H and O–H groups in total. The number of carbonyl (C=O) groups excluding carboxylic acids is 1. The fourth-order valence-electron chi connectivity index (χ4n) is 1.65. The van der Waals surface area contributed by atoms with Crippen LogP contribution in [0.3, 0.4) is 0 Å². The SMILES string of the molecule is COCC(=O)Cc1cc(OC)c(OC)cc1[N+](=O)[O-]. The summed E-state index contributed by atoms with van der Waals surface area (Å²) in [6, 6.07) is 2.68. The van der Waals surface area contributed by atoms with Gasteiger partial charge in [-0.25, -0.2) is 0 Å². The zero-order chi connectivity index (χ0) is 14.4. The number of carbonyl (C=O) groups is 1. The van der Waals surface area contributed by atoms with E-state index in [1.807, 2.05) is 0 Å². The van der Waals surface area contributed by atoms with Crippen molar-refractivity contribution in [2.75, 3.05) is 27.9 Å². The van der Waals surface area contributed by atoms with Gasteiger partial charge in [0.05, 0.1) is 25.2 Å². The third-order valence-electron chi connectivity index (χ3n) is 2.47. The Kier molecular flexibility index (Phi) is 5.25. The molecule has 0 unspecified atom stereocenters. The van der Waals surface area contributed by atoms with Crippen molar-refractivity contribution in [3.05, 3.63) is 27.8 Å². The van der Waals surface area contributed by atoms with Gasteiger partial charge < -0.3 is 14.2 Å². The summed E-state index contributed by atoms with van der Waals surface area (Å²) < 4.78 is 14.8. The van der Waals surface area contributed by atoms with Gasteiger partial charge in [0, 0.05) is 19.1 Å². The van der Waals surface area contributed by atoms with Gasteiger partial charge in [-0.1, -0.05) is 0 Å². The zero-order valence-corrected chi connectivity index (χ0v) is 11.0. The van der Waals surface area contributed by atoms with Crippen molar-refractivity contribution in [1.82, 2.24) is 0 Å². The molecule has 1 aromatic rings. The Bertz CT molecular complexity index is 485. The fraction of sp³-hybridized carbons (Fsp3) is 0.417. The third-order valence-corrected chi connectivity index (χ3v) is 2.47. The molecule has 0 amide bonds. The largest absolute Gasteiger partial charge is 0.493 e. The van der Waals surface area contributed by atoms with E-state index in [1.165, 1.54) is 33.5 Å². The summed E-state index contributed by atoms with van der Waals surface area (Å²) in [7, 11) is 4.20. The summed E-state index contributed by atoms with van der Waals surface area (Å²) in [4.78, 5) is 22.0. The molecule has 0 atom stereocenters. The highest BCUT2D eigenvalue weighted by Gasteiger charge is 2.21. The average molecular weight is 269 g/mol. The molecule has 0 bridgehead atoms. The lowest BCUT2D eigenvalue weighted by atomic mass is 10.1. The maximum Gasteiger partial charge on any atom is 0.277 e. The monoisotopic (exact) mass is 269 g/mol. The first-order valence-electron chi connectivity index (χ1n) is 5.43. The average Bonchev–Trinajstić information content (AvgIpc) is 2.38. The number of ether oxygens (including phenoxy) is 3. The van der Waals surface area contributed by atoms with Crippen LogP contribution in [0.15, 0.2) is 12.1 Å². The number of rotatable bonds is 7. The van der Waals surface area contributed by atoms with E-state index in [9.17, 15) is 14.9 Å². The molecule has 7 heteroatoms. The van der Waals surface area contributed by atoms with E-state index in [1.54, 1.807) is 0 Å². The van der Waals surface area contributed by atoms with Crippen molar-refractivity contribution >= 4 is 11.5 Å². The summed E-state index contributed by atoms with van der Waals surface area (Å²) in [6.45, 7) is -0.0918. The van der Waals surface area contributed by atoms with Crippen molar-refractivity contribution in [3.8, 4) is 11.5 Å². The van der Waals surface area contributed by atoms with Crippen molar-refractivity contribution in [3.63, 3.8) is 0 Å². The van der Waals surface area contributed by atoms with Crippen molar-refractivity contribution in [2.45, 2.75) is 6.42 Å². The fourth-order valence-corrected chi connectivity index (χ4v) is 1.65. The number of ketones is 1. The number of Topliss-reactive ketones (excluding diaryl/α,β-unsaturated/α-hetero) is 1. The first-order chi connectivity index (χ1) is 9.03. The second kappa shape index (κ2) is 6.69. The van der Waals surface area contributed by atoms with Crippen LogP contribution in [0.4, 0.5) is 5.69 Å². The minimum absolute atomic E-state index is 0.0918. The lowest BCUT2D eigenvalue weighted by Gasteiger charge is -2.10. The minimum Gasteiger partial charge on any atom is -0.493 e. The van der Waals surface area contributed by atoms with Gasteiger partial charge in [0.25, 0.3) is 5.69 Å². The van der Waals surface area contributed by atoms with Crippen LogP contribution in [-0.4, -0.2) is 38.6 Å². The molecule has 0 heterocycles. The summed E-state index contributed by atoms with van der Waals surface area (Å²) in [5.41, 5.74) is 0.0896. The number of hydrogen-bond acceptors (Lipinski definition) is 6. The number of hydrogen-bond donors (Lipinski definition) is 0. The van der Waals surface area contributed by atoms with Gasteiger partial charge in [-0.2, -0.15) is 0 Å². The topological polar surface area (TPSA) is 87.9 Å². The van der Waals surface area contributed by atoms with Gasteiger partial charge in [-0.15, -0.1) is 0 Å². The van der Waals surface area contributed by atoms with Crippen LogP contribution in [0.2, 0.25) is 0 Å². The second-order valence-corrected chi connectivity index (χ2v) is 3.74. The van der Waals surface area contributed by atoms with Crippen molar-refractivity contribution < 1.29 is 23.9 Å². The van der Waals surface area contributed by atoms with Crippen LogP contribution in [-0.2, 0) is 16.0 Å². The molecule has 0 aliphatic rings. The van der Waals surface area contributed by atoms with E-state index in [-0.39, 0.29) is 35.8 Å². The lowest BCUT2D eigenvalue weighted by Crippen LogP contribution is -2.11. The molecule has 1 aromatic carbocycles. The van der Waals surface area contributed by atoms with Crippen LogP contribution in [0.25, 0.3) is 0 Å². The van der Waals surface area contributed by atoms with E-state index in [0.29, 0.717) is 5.75 Å². The molecular formula is C12H15NO6. The highest BCUT2D eigenvalue weighted by molar-refractivity contribution is 5.83.